The molecular formula is C24H29F3N2O2. The molecule has 7 heteroatoms. The van der Waals surface area contributed by atoms with Gasteiger partial charge in [0.25, 0.3) is 0 Å². The Bertz CT molecular complexity index is 875. The average molecular weight is 435 g/mol. The highest BCUT2D eigenvalue weighted by atomic mass is 19.4. The second-order valence-corrected chi connectivity index (χ2v) is 8.59. The Morgan fingerprint density at radius 1 is 1.13 bits per heavy atom. The van der Waals surface area contributed by atoms with Crippen LogP contribution in [0.2, 0.25) is 0 Å². The van der Waals surface area contributed by atoms with Crippen LogP contribution in [0.5, 0.6) is 0 Å². The lowest BCUT2D eigenvalue weighted by atomic mass is 9.76. The van der Waals surface area contributed by atoms with Gasteiger partial charge in [-0.1, -0.05) is 30.3 Å². The SMILES string of the molecule is CN(CCCO)C[C@H]1CC[C@@H]2[C@H](O1)c1cc(C(F)(F)F)ccc1N[C@H]2c1ccccc1. The normalized spacial score (nSPS) is 25.6. The summed E-state index contributed by atoms with van der Waals surface area (Å²) >= 11 is 0. The van der Waals surface area contributed by atoms with Crippen LogP contribution >= 0.6 is 0 Å². The summed E-state index contributed by atoms with van der Waals surface area (Å²) in [7, 11) is 1.98. The van der Waals surface area contributed by atoms with E-state index in [4.69, 9.17) is 9.84 Å². The third kappa shape index (κ3) is 4.89. The summed E-state index contributed by atoms with van der Waals surface area (Å²) < 4.78 is 46.7. The molecule has 2 aromatic carbocycles. The highest BCUT2D eigenvalue weighted by Crippen LogP contribution is 2.51. The van der Waals surface area contributed by atoms with Gasteiger partial charge in [-0.25, -0.2) is 0 Å². The summed E-state index contributed by atoms with van der Waals surface area (Å²) in [6, 6.07) is 13.9. The number of halogens is 3. The fraction of sp³-hybridized carbons (Fsp3) is 0.500. The first-order valence-corrected chi connectivity index (χ1v) is 10.8. The summed E-state index contributed by atoms with van der Waals surface area (Å²) in [4.78, 5) is 2.12. The Balaban J connectivity index is 1.64. The van der Waals surface area contributed by atoms with Gasteiger partial charge < -0.3 is 20.1 Å². The molecule has 4 atom stereocenters. The van der Waals surface area contributed by atoms with Crippen LogP contribution in [0, 0.1) is 5.92 Å². The lowest BCUT2D eigenvalue weighted by Gasteiger charge is -2.46. The third-order valence-corrected chi connectivity index (χ3v) is 6.35. The van der Waals surface area contributed by atoms with E-state index in [1.54, 1.807) is 0 Å². The van der Waals surface area contributed by atoms with Crippen molar-refractivity contribution < 1.29 is 23.0 Å². The van der Waals surface area contributed by atoms with Gasteiger partial charge in [0.1, 0.15) is 0 Å². The van der Waals surface area contributed by atoms with E-state index < -0.39 is 17.8 Å². The van der Waals surface area contributed by atoms with Gasteiger partial charge in [-0.2, -0.15) is 13.2 Å². The third-order valence-electron chi connectivity index (χ3n) is 6.35. The van der Waals surface area contributed by atoms with Crippen LogP contribution in [-0.4, -0.2) is 42.9 Å². The smallest absolute Gasteiger partial charge is 0.396 e. The summed E-state index contributed by atoms with van der Waals surface area (Å²) in [6.45, 7) is 1.59. The summed E-state index contributed by atoms with van der Waals surface area (Å²) in [6.07, 6.45) is -2.43. The van der Waals surface area contributed by atoms with Gasteiger partial charge in [-0.3, -0.25) is 0 Å². The van der Waals surface area contributed by atoms with Gasteiger partial charge in [-0.15, -0.1) is 0 Å². The molecule has 1 fully saturated rings. The van der Waals surface area contributed by atoms with Gasteiger partial charge in [0.2, 0.25) is 0 Å². The lowest BCUT2D eigenvalue weighted by molar-refractivity contribution is -0.138. The average Bonchev–Trinajstić information content (AvgIpc) is 2.76. The highest BCUT2D eigenvalue weighted by molar-refractivity contribution is 5.58. The zero-order chi connectivity index (χ0) is 22.0. The molecule has 2 aliphatic rings. The van der Waals surface area contributed by atoms with Crippen molar-refractivity contribution in [3.63, 3.8) is 0 Å². The number of aliphatic hydroxyl groups excluding tert-OH is 1. The first kappa shape index (κ1) is 22.1. The fourth-order valence-electron chi connectivity index (χ4n) is 4.84. The van der Waals surface area contributed by atoms with Gasteiger partial charge in [-0.05, 0) is 50.1 Å². The Labute approximate surface area is 181 Å². The van der Waals surface area contributed by atoms with Gasteiger partial charge in [0.05, 0.1) is 23.8 Å². The minimum atomic E-state index is -4.39. The van der Waals surface area contributed by atoms with E-state index >= 15 is 0 Å². The largest absolute Gasteiger partial charge is 0.416 e. The standard InChI is InChI=1S/C24H29F3N2O2/c1-29(12-5-13-30)15-18-9-10-19-22(16-6-3-2-4-7-16)28-21-11-8-17(24(25,26)27)14-20(21)23(19)31-18/h2-4,6-8,11,14,18-19,22-23,28,30H,5,9-10,12-13,15H2,1H3/t18-,19+,22+,23+/m1/s1. The van der Waals surface area contributed by atoms with Crippen molar-refractivity contribution in [3.8, 4) is 0 Å². The zero-order valence-electron chi connectivity index (χ0n) is 17.6. The Morgan fingerprint density at radius 3 is 2.61 bits per heavy atom. The number of likely N-dealkylation sites (N-methyl/N-ethyl adjacent to an activating group) is 1. The zero-order valence-corrected chi connectivity index (χ0v) is 17.6. The molecule has 168 valence electrons. The molecular weight excluding hydrogens is 405 g/mol. The number of hydrogen-bond acceptors (Lipinski definition) is 4. The Kier molecular flexibility index (Phi) is 6.55. The number of ether oxygens (including phenoxy) is 1. The van der Waals surface area contributed by atoms with Crippen LogP contribution in [0.25, 0.3) is 0 Å². The number of benzene rings is 2. The van der Waals surface area contributed by atoms with Crippen molar-refractivity contribution in [2.45, 2.75) is 43.7 Å². The van der Waals surface area contributed by atoms with E-state index in [0.717, 1.165) is 31.0 Å². The van der Waals surface area contributed by atoms with E-state index in [-0.39, 0.29) is 24.7 Å². The van der Waals surface area contributed by atoms with Crippen LogP contribution in [0.3, 0.4) is 0 Å². The number of fused-ring (bicyclic) bond motifs is 3. The molecule has 0 aliphatic carbocycles. The maximum absolute atomic E-state index is 13.4. The highest BCUT2D eigenvalue weighted by Gasteiger charge is 2.43. The van der Waals surface area contributed by atoms with Crippen molar-refractivity contribution in [2.75, 3.05) is 32.1 Å². The van der Waals surface area contributed by atoms with Crippen molar-refractivity contribution in [3.05, 3.63) is 65.2 Å². The van der Waals surface area contributed by atoms with Crippen molar-refractivity contribution in [1.29, 1.82) is 0 Å². The minimum Gasteiger partial charge on any atom is -0.396 e. The van der Waals surface area contributed by atoms with E-state index in [9.17, 15) is 13.2 Å². The number of alkyl halides is 3. The first-order valence-electron chi connectivity index (χ1n) is 10.8. The van der Waals surface area contributed by atoms with Crippen LogP contribution in [0.15, 0.2) is 48.5 Å². The molecule has 0 unspecified atom stereocenters. The predicted molar refractivity (Wildman–Crippen MR) is 114 cm³/mol. The number of aliphatic hydroxyl groups is 1. The van der Waals surface area contributed by atoms with E-state index in [0.29, 0.717) is 24.2 Å². The molecule has 4 nitrogen and oxygen atoms in total. The van der Waals surface area contributed by atoms with Crippen LogP contribution < -0.4 is 5.32 Å². The second kappa shape index (κ2) is 9.18. The van der Waals surface area contributed by atoms with E-state index in [2.05, 4.69) is 22.3 Å². The van der Waals surface area contributed by atoms with Crippen molar-refractivity contribution in [2.24, 2.45) is 5.92 Å². The number of anilines is 1. The van der Waals surface area contributed by atoms with Crippen molar-refractivity contribution >= 4 is 5.69 Å². The molecule has 31 heavy (non-hydrogen) atoms. The van der Waals surface area contributed by atoms with E-state index in [1.807, 2.05) is 25.2 Å². The molecule has 0 saturated carbocycles. The Morgan fingerprint density at radius 2 is 1.90 bits per heavy atom. The second-order valence-electron chi connectivity index (χ2n) is 8.59. The van der Waals surface area contributed by atoms with Crippen LogP contribution in [0.1, 0.15) is 48.1 Å². The molecule has 2 N–H and O–H groups in total. The number of rotatable bonds is 6. The topological polar surface area (TPSA) is 44.7 Å². The molecule has 2 aliphatic heterocycles. The van der Waals surface area contributed by atoms with Gasteiger partial charge in [0, 0.05) is 36.9 Å². The summed E-state index contributed by atoms with van der Waals surface area (Å²) in [5.74, 6) is 0.0531. The molecule has 0 spiro atoms. The molecule has 0 amide bonds. The molecule has 4 rings (SSSR count). The summed E-state index contributed by atoms with van der Waals surface area (Å²) in [5.41, 5.74) is 1.77. The van der Waals surface area contributed by atoms with Crippen LogP contribution in [-0.2, 0) is 10.9 Å². The Hall–Kier alpha value is -2.09. The fourth-order valence-corrected chi connectivity index (χ4v) is 4.84. The van der Waals surface area contributed by atoms with Gasteiger partial charge in [0.15, 0.2) is 0 Å². The monoisotopic (exact) mass is 434 g/mol. The van der Waals surface area contributed by atoms with Crippen molar-refractivity contribution in [1.82, 2.24) is 4.90 Å². The predicted octanol–water partition coefficient (Wildman–Crippen LogP) is 5.02. The quantitative estimate of drug-likeness (QED) is 0.670. The minimum absolute atomic E-state index is 0.0106. The lowest BCUT2D eigenvalue weighted by Crippen LogP contribution is -2.42. The molecule has 0 bridgehead atoms. The maximum atomic E-state index is 13.4. The number of hydrogen-bond donors (Lipinski definition) is 2. The molecule has 1 saturated heterocycles. The van der Waals surface area contributed by atoms with Gasteiger partial charge >= 0.3 is 6.18 Å². The molecule has 0 radical (unpaired) electrons. The maximum Gasteiger partial charge on any atom is 0.416 e. The molecule has 2 aromatic rings. The molecule has 2 heterocycles. The summed E-state index contributed by atoms with van der Waals surface area (Å²) in [5, 5.41) is 12.5. The number of nitrogens with one attached hydrogen (secondary N) is 1. The first-order chi connectivity index (χ1) is 14.9. The number of nitrogens with zero attached hydrogens (tertiary/aromatic N) is 1. The molecule has 0 aromatic heterocycles. The van der Waals surface area contributed by atoms with Crippen LogP contribution in [0.4, 0.5) is 18.9 Å². The van der Waals surface area contributed by atoms with E-state index in [1.165, 1.54) is 12.1 Å².